The molecule has 0 atom stereocenters. The largest absolute Gasteiger partial charge is 0.480 e. The van der Waals surface area contributed by atoms with E-state index in [9.17, 15) is 4.79 Å². The van der Waals surface area contributed by atoms with E-state index < -0.39 is 5.97 Å². The predicted octanol–water partition coefficient (Wildman–Crippen LogP) is 1.80. The summed E-state index contributed by atoms with van der Waals surface area (Å²) >= 11 is 0. The molecule has 2 rings (SSSR count). The van der Waals surface area contributed by atoms with Crippen LogP contribution in [0.3, 0.4) is 0 Å². The summed E-state index contributed by atoms with van der Waals surface area (Å²) in [7, 11) is 0. The first-order chi connectivity index (χ1) is 7.77. The van der Waals surface area contributed by atoms with Crippen molar-refractivity contribution in [1.82, 2.24) is 15.0 Å². The minimum absolute atomic E-state index is 0.0775. The zero-order valence-electron chi connectivity index (χ0n) is 9.30. The summed E-state index contributed by atoms with van der Waals surface area (Å²) in [6.45, 7) is -0.0775. The fourth-order valence-corrected chi connectivity index (χ4v) is 2.41. The normalized spacial score (nSPS) is 18.2. The molecule has 0 aliphatic heterocycles. The lowest BCUT2D eigenvalue weighted by Crippen LogP contribution is -2.15. The first kappa shape index (κ1) is 11.1. The Hall–Kier alpha value is -1.39. The van der Waals surface area contributed by atoms with Crippen molar-refractivity contribution in [3.8, 4) is 0 Å². The van der Waals surface area contributed by atoms with Gasteiger partial charge in [0.25, 0.3) is 0 Å². The molecule has 5 heteroatoms. The third-order valence-corrected chi connectivity index (χ3v) is 3.21. The van der Waals surface area contributed by atoms with Crippen LogP contribution in [0.2, 0.25) is 0 Å². The van der Waals surface area contributed by atoms with Crippen LogP contribution in [0.4, 0.5) is 0 Å². The molecule has 1 heterocycles. The van der Waals surface area contributed by atoms with E-state index in [1.54, 1.807) is 6.20 Å². The molecule has 1 saturated carbocycles. The average molecular weight is 223 g/mol. The van der Waals surface area contributed by atoms with Gasteiger partial charge < -0.3 is 5.11 Å². The highest BCUT2D eigenvalue weighted by Crippen LogP contribution is 2.30. The van der Waals surface area contributed by atoms with Crippen LogP contribution in [0.1, 0.15) is 50.1 Å². The molecule has 0 radical (unpaired) electrons. The fourth-order valence-electron chi connectivity index (χ4n) is 2.41. The topological polar surface area (TPSA) is 68.0 Å². The van der Waals surface area contributed by atoms with E-state index in [2.05, 4.69) is 10.3 Å². The first-order valence-corrected chi connectivity index (χ1v) is 5.87. The van der Waals surface area contributed by atoms with Crippen molar-refractivity contribution in [3.05, 3.63) is 11.9 Å². The van der Waals surface area contributed by atoms with E-state index in [-0.39, 0.29) is 6.54 Å². The average Bonchev–Trinajstić information content (AvgIpc) is 2.53. The maximum atomic E-state index is 10.7. The van der Waals surface area contributed by atoms with Gasteiger partial charge in [-0.1, -0.05) is 30.9 Å². The number of rotatable bonds is 3. The summed E-state index contributed by atoms with van der Waals surface area (Å²) in [5.74, 6) is -0.419. The van der Waals surface area contributed by atoms with Gasteiger partial charge in [-0.3, -0.25) is 4.79 Å². The zero-order valence-corrected chi connectivity index (χ0v) is 9.30. The van der Waals surface area contributed by atoms with Crippen LogP contribution in [0.15, 0.2) is 6.20 Å². The Balaban J connectivity index is 2.11. The molecule has 0 unspecified atom stereocenters. The molecule has 1 aromatic heterocycles. The highest BCUT2D eigenvalue weighted by molar-refractivity contribution is 5.66. The summed E-state index contributed by atoms with van der Waals surface area (Å²) in [6.07, 6.45) is 9.01. The van der Waals surface area contributed by atoms with Crippen LogP contribution < -0.4 is 0 Å². The Labute approximate surface area is 94.5 Å². The minimum Gasteiger partial charge on any atom is -0.480 e. The van der Waals surface area contributed by atoms with Gasteiger partial charge in [0.05, 0.1) is 11.9 Å². The number of hydrogen-bond donors (Lipinski definition) is 1. The molecule has 1 aliphatic rings. The number of carbonyl (C=O) groups is 1. The third kappa shape index (κ3) is 2.59. The summed E-state index contributed by atoms with van der Waals surface area (Å²) in [5.41, 5.74) is 0.990. The monoisotopic (exact) mass is 223 g/mol. The second-order valence-corrected chi connectivity index (χ2v) is 4.40. The molecule has 0 aromatic carbocycles. The lowest BCUT2D eigenvalue weighted by atomic mass is 9.97. The first-order valence-electron chi connectivity index (χ1n) is 5.87. The quantitative estimate of drug-likeness (QED) is 0.793. The maximum absolute atomic E-state index is 10.7. The molecule has 1 aromatic rings. The molecule has 1 aliphatic carbocycles. The van der Waals surface area contributed by atoms with Crippen LogP contribution >= 0.6 is 0 Å². The predicted molar refractivity (Wildman–Crippen MR) is 58.1 cm³/mol. The van der Waals surface area contributed by atoms with Crippen LogP contribution in [-0.2, 0) is 11.3 Å². The molecular weight excluding hydrogens is 206 g/mol. The van der Waals surface area contributed by atoms with Gasteiger partial charge in [0.2, 0.25) is 0 Å². The Bertz CT molecular complexity index is 354. The Morgan fingerprint density at radius 1 is 1.38 bits per heavy atom. The highest BCUT2D eigenvalue weighted by Gasteiger charge is 2.19. The molecule has 88 valence electrons. The van der Waals surface area contributed by atoms with E-state index in [4.69, 9.17) is 5.11 Å². The van der Waals surface area contributed by atoms with Crippen molar-refractivity contribution in [1.29, 1.82) is 0 Å². The van der Waals surface area contributed by atoms with Gasteiger partial charge in [-0.2, -0.15) is 0 Å². The van der Waals surface area contributed by atoms with Gasteiger partial charge in [0.15, 0.2) is 0 Å². The number of hydrogen-bond acceptors (Lipinski definition) is 3. The number of nitrogens with zero attached hydrogens (tertiary/aromatic N) is 3. The molecule has 0 amide bonds. The minimum atomic E-state index is -0.861. The van der Waals surface area contributed by atoms with Gasteiger partial charge >= 0.3 is 5.97 Å². The molecular formula is C11H17N3O2. The van der Waals surface area contributed by atoms with Crippen molar-refractivity contribution >= 4 is 5.97 Å². The number of carboxylic acid groups (broad SMARTS) is 1. The summed E-state index contributed by atoms with van der Waals surface area (Å²) in [4.78, 5) is 10.7. The van der Waals surface area contributed by atoms with E-state index in [0.717, 1.165) is 18.5 Å². The standard InChI is InChI=1S/C11H17N3O2/c15-11(16)8-14-10(7-12-13-14)9-5-3-1-2-4-6-9/h7,9H,1-6,8H2,(H,15,16). The number of carboxylic acids is 1. The van der Waals surface area contributed by atoms with Crippen LogP contribution in [0.5, 0.6) is 0 Å². The summed E-state index contributed by atoms with van der Waals surface area (Å²) < 4.78 is 1.53. The second kappa shape index (κ2) is 5.09. The molecule has 16 heavy (non-hydrogen) atoms. The molecule has 1 fully saturated rings. The SMILES string of the molecule is O=C(O)Cn1nncc1C1CCCCCC1. The van der Waals surface area contributed by atoms with Gasteiger partial charge in [-0.15, -0.1) is 5.10 Å². The van der Waals surface area contributed by atoms with Crippen molar-refractivity contribution < 1.29 is 9.90 Å². The third-order valence-electron chi connectivity index (χ3n) is 3.21. The molecule has 1 N–H and O–H groups in total. The molecule has 5 nitrogen and oxygen atoms in total. The number of aromatic nitrogens is 3. The lowest BCUT2D eigenvalue weighted by Gasteiger charge is -2.14. The van der Waals surface area contributed by atoms with Gasteiger partial charge in [-0.05, 0) is 12.8 Å². The Kier molecular flexibility index (Phi) is 3.54. The smallest absolute Gasteiger partial charge is 0.325 e. The van der Waals surface area contributed by atoms with Crippen molar-refractivity contribution in [2.45, 2.75) is 51.0 Å². The summed E-state index contributed by atoms with van der Waals surface area (Å²) in [5, 5.41) is 16.5. The van der Waals surface area contributed by atoms with E-state index in [0.29, 0.717) is 5.92 Å². The lowest BCUT2D eigenvalue weighted by molar-refractivity contribution is -0.138. The van der Waals surface area contributed by atoms with Crippen molar-refractivity contribution in [3.63, 3.8) is 0 Å². The summed E-state index contributed by atoms with van der Waals surface area (Å²) in [6, 6.07) is 0. The Morgan fingerprint density at radius 2 is 2.06 bits per heavy atom. The maximum Gasteiger partial charge on any atom is 0.325 e. The van der Waals surface area contributed by atoms with E-state index >= 15 is 0 Å². The van der Waals surface area contributed by atoms with Crippen molar-refractivity contribution in [2.24, 2.45) is 0 Å². The van der Waals surface area contributed by atoms with Crippen molar-refractivity contribution in [2.75, 3.05) is 0 Å². The van der Waals surface area contributed by atoms with Gasteiger partial charge in [-0.25, -0.2) is 4.68 Å². The van der Waals surface area contributed by atoms with Crippen LogP contribution in [0.25, 0.3) is 0 Å². The molecule has 0 saturated heterocycles. The zero-order chi connectivity index (χ0) is 11.4. The second-order valence-electron chi connectivity index (χ2n) is 4.40. The number of aliphatic carboxylic acids is 1. The molecule has 0 bridgehead atoms. The Morgan fingerprint density at radius 3 is 2.69 bits per heavy atom. The fraction of sp³-hybridized carbons (Fsp3) is 0.727. The van der Waals surface area contributed by atoms with Crippen LogP contribution in [0, 0.1) is 0 Å². The van der Waals surface area contributed by atoms with E-state index in [1.165, 1.54) is 30.4 Å². The highest BCUT2D eigenvalue weighted by atomic mass is 16.4. The van der Waals surface area contributed by atoms with Gasteiger partial charge in [0.1, 0.15) is 6.54 Å². The van der Waals surface area contributed by atoms with Gasteiger partial charge in [0, 0.05) is 5.92 Å². The van der Waals surface area contributed by atoms with E-state index in [1.807, 2.05) is 0 Å². The molecule has 0 spiro atoms. The van der Waals surface area contributed by atoms with Crippen LogP contribution in [-0.4, -0.2) is 26.1 Å².